The van der Waals surface area contributed by atoms with Crippen molar-refractivity contribution in [3.8, 4) is 11.1 Å². The topological polar surface area (TPSA) is 54.9 Å². The van der Waals surface area contributed by atoms with Crippen LogP contribution in [-0.4, -0.2) is 15.9 Å². The molecule has 2 heterocycles. The normalized spacial score (nSPS) is 10.8. The van der Waals surface area contributed by atoms with E-state index in [1.807, 2.05) is 54.0 Å². The highest BCUT2D eigenvalue weighted by atomic mass is 35.5. The molecule has 0 aliphatic heterocycles. The van der Waals surface area contributed by atoms with Crippen LogP contribution in [0.5, 0.6) is 0 Å². The quantitative estimate of drug-likeness (QED) is 0.496. The van der Waals surface area contributed by atoms with Crippen molar-refractivity contribution in [2.24, 2.45) is 0 Å². The monoisotopic (exact) mass is 379 g/mol. The summed E-state index contributed by atoms with van der Waals surface area (Å²) in [6, 6.07) is 17.5. The van der Waals surface area contributed by atoms with E-state index in [2.05, 4.69) is 21.4 Å². The molecular formula is C20H14ClN3OS. The fourth-order valence-electron chi connectivity index (χ4n) is 2.70. The summed E-state index contributed by atoms with van der Waals surface area (Å²) in [7, 11) is 0. The van der Waals surface area contributed by atoms with Crippen LogP contribution in [0.15, 0.2) is 66.3 Å². The fraction of sp³-hybridized carbons (Fsp3) is 0.0500. The van der Waals surface area contributed by atoms with Gasteiger partial charge in [0.05, 0.1) is 27.8 Å². The van der Waals surface area contributed by atoms with E-state index >= 15 is 0 Å². The number of aromatic nitrogens is 2. The van der Waals surface area contributed by atoms with Crippen molar-refractivity contribution in [1.82, 2.24) is 9.97 Å². The van der Waals surface area contributed by atoms with Crippen LogP contribution in [0.25, 0.3) is 21.3 Å². The van der Waals surface area contributed by atoms with Gasteiger partial charge < -0.3 is 5.32 Å². The zero-order valence-electron chi connectivity index (χ0n) is 13.6. The third-order valence-corrected chi connectivity index (χ3v) is 5.08. The van der Waals surface area contributed by atoms with Crippen LogP contribution in [-0.2, 0) is 11.2 Å². The van der Waals surface area contributed by atoms with Gasteiger partial charge in [-0.25, -0.2) is 9.97 Å². The molecule has 0 saturated heterocycles. The van der Waals surface area contributed by atoms with Gasteiger partial charge in [0.2, 0.25) is 5.91 Å². The minimum Gasteiger partial charge on any atom is -0.323 e. The van der Waals surface area contributed by atoms with Gasteiger partial charge in [-0.05, 0) is 29.3 Å². The molecule has 0 saturated carbocycles. The van der Waals surface area contributed by atoms with Crippen LogP contribution < -0.4 is 5.32 Å². The number of fused-ring (bicyclic) bond motifs is 1. The van der Waals surface area contributed by atoms with Crippen LogP contribution in [0.3, 0.4) is 0 Å². The van der Waals surface area contributed by atoms with E-state index < -0.39 is 0 Å². The van der Waals surface area contributed by atoms with Gasteiger partial charge in [0.15, 0.2) is 5.15 Å². The predicted octanol–water partition coefficient (Wildman–Crippen LogP) is 5.19. The van der Waals surface area contributed by atoms with Crippen LogP contribution in [0, 0.1) is 0 Å². The Bertz CT molecular complexity index is 1080. The van der Waals surface area contributed by atoms with Gasteiger partial charge in [-0.2, -0.15) is 0 Å². The van der Waals surface area contributed by atoms with Gasteiger partial charge in [0.25, 0.3) is 0 Å². The summed E-state index contributed by atoms with van der Waals surface area (Å²) >= 11 is 7.76. The minimum absolute atomic E-state index is 0.130. The number of pyridine rings is 1. The summed E-state index contributed by atoms with van der Waals surface area (Å²) in [5.41, 5.74) is 6.14. The molecule has 4 nitrogen and oxygen atoms in total. The molecule has 0 unspecified atom stereocenters. The second-order valence-electron chi connectivity index (χ2n) is 5.81. The first-order chi connectivity index (χ1) is 12.7. The number of carbonyl (C=O) groups excluding carboxylic acids is 1. The molecule has 4 rings (SSSR count). The van der Waals surface area contributed by atoms with Crippen molar-refractivity contribution in [3.05, 3.63) is 77.0 Å². The Balaban J connectivity index is 1.58. The molecule has 2 aromatic carbocycles. The number of thiazole rings is 1. The molecule has 6 heteroatoms. The van der Waals surface area contributed by atoms with E-state index in [0.29, 0.717) is 5.69 Å². The number of halogens is 1. The summed E-state index contributed by atoms with van der Waals surface area (Å²) in [5, 5.41) is 3.13. The number of hydrogen-bond donors (Lipinski definition) is 1. The van der Waals surface area contributed by atoms with Crippen molar-refractivity contribution in [3.63, 3.8) is 0 Å². The first kappa shape index (κ1) is 16.7. The van der Waals surface area contributed by atoms with Crippen LogP contribution in [0.2, 0.25) is 5.15 Å². The van der Waals surface area contributed by atoms with E-state index in [1.54, 1.807) is 17.5 Å². The zero-order valence-corrected chi connectivity index (χ0v) is 15.2. The number of nitrogens with zero attached hydrogens (tertiary/aromatic N) is 2. The Morgan fingerprint density at radius 1 is 1.04 bits per heavy atom. The minimum atomic E-state index is -0.130. The molecule has 4 aromatic rings. The molecule has 128 valence electrons. The van der Waals surface area contributed by atoms with Gasteiger partial charge in [-0.3, -0.25) is 4.79 Å². The maximum Gasteiger partial charge on any atom is 0.228 e. The number of nitrogens with one attached hydrogen (secondary N) is 1. The lowest BCUT2D eigenvalue weighted by Crippen LogP contribution is -2.15. The SMILES string of the molecule is O=C(Cc1ccccc1)Nc1cc(-c2ccc3ncsc3c2)cnc1Cl. The van der Waals surface area contributed by atoms with Gasteiger partial charge in [0, 0.05) is 11.8 Å². The molecule has 0 aliphatic carbocycles. The van der Waals surface area contributed by atoms with Crippen molar-refractivity contribution in [1.29, 1.82) is 0 Å². The third kappa shape index (κ3) is 3.59. The molecule has 0 atom stereocenters. The second-order valence-corrected chi connectivity index (χ2v) is 7.05. The summed E-state index contributed by atoms with van der Waals surface area (Å²) in [5.74, 6) is -0.130. The molecule has 0 aliphatic rings. The molecule has 0 spiro atoms. The van der Waals surface area contributed by atoms with E-state index in [9.17, 15) is 4.79 Å². The Hall–Kier alpha value is -2.76. The number of benzene rings is 2. The number of hydrogen-bond acceptors (Lipinski definition) is 4. The van der Waals surface area contributed by atoms with Gasteiger partial charge in [0.1, 0.15) is 0 Å². The average Bonchev–Trinajstić information content (AvgIpc) is 3.12. The van der Waals surface area contributed by atoms with E-state index in [-0.39, 0.29) is 17.5 Å². The number of carbonyl (C=O) groups is 1. The van der Waals surface area contributed by atoms with Gasteiger partial charge >= 0.3 is 0 Å². The first-order valence-electron chi connectivity index (χ1n) is 8.02. The van der Waals surface area contributed by atoms with Crippen molar-refractivity contribution in [2.75, 3.05) is 5.32 Å². The summed E-state index contributed by atoms with van der Waals surface area (Å²) in [4.78, 5) is 20.8. The van der Waals surface area contributed by atoms with E-state index in [0.717, 1.165) is 26.9 Å². The third-order valence-electron chi connectivity index (χ3n) is 3.99. The van der Waals surface area contributed by atoms with Crippen LogP contribution >= 0.6 is 22.9 Å². The Morgan fingerprint density at radius 3 is 2.73 bits per heavy atom. The number of amides is 1. The molecule has 1 N–H and O–H groups in total. The van der Waals surface area contributed by atoms with E-state index in [4.69, 9.17) is 11.6 Å². The van der Waals surface area contributed by atoms with Crippen LogP contribution in [0.1, 0.15) is 5.56 Å². The van der Waals surface area contributed by atoms with Gasteiger partial charge in [-0.15, -0.1) is 11.3 Å². The average molecular weight is 380 g/mol. The first-order valence-corrected chi connectivity index (χ1v) is 9.28. The van der Waals surface area contributed by atoms with E-state index in [1.165, 1.54) is 0 Å². The molecule has 26 heavy (non-hydrogen) atoms. The van der Waals surface area contributed by atoms with Crippen LogP contribution in [0.4, 0.5) is 5.69 Å². The highest BCUT2D eigenvalue weighted by Crippen LogP contribution is 2.30. The number of anilines is 1. The van der Waals surface area contributed by atoms with Gasteiger partial charge in [-0.1, -0.05) is 48.0 Å². The predicted molar refractivity (Wildman–Crippen MR) is 107 cm³/mol. The summed E-state index contributed by atoms with van der Waals surface area (Å²) in [6.45, 7) is 0. The number of rotatable bonds is 4. The van der Waals surface area contributed by atoms with Crippen molar-refractivity contribution in [2.45, 2.75) is 6.42 Å². The molecule has 0 bridgehead atoms. The Labute approximate surface area is 159 Å². The van der Waals surface area contributed by atoms with Crippen molar-refractivity contribution >= 4 is 44.7 Å². The largest absolute Gasteiger partial charge is 0.323 e. The molecule has 0 radical (unpaired) electrons. The lowest BCUT2D eigenvalue weighted by molar-refractivity contribution is -0.115. The smallest absolute Gasteiger partial charge is 0.228 e. The van der Waals surface area contributed by atoms with Crippen molar-refractivity contribution < 1.29 is 4.79 Å². The molecule has 1 amide bonds. The Kier molecular flexibility index (Phi) is 4.65. The molecular weight excluding hydrogens is 366 g/mol. The summed E-state index contributed by atoms with van der Waals surface area (Å²) < 4.78 is 1.10. The second kappa shape index (κ2) is 7.23. The zero-order chi connectivity index (χ0) is 17.9. The Morgan fingerprint density at radius 2 is 1.88 bits per heavy atom. The molecule has 2 aromatic heterocycles. The molecule has 0 fully saturated rings. The highest BCUT2D eigenvalue weighted by molar-refractivity contribution is 7.16. The maximum atomic E-state index is 12.3. The highest BCUT2D eigenvalue weighted by Gasteiger charge is 2.10. The fourth-order valence-corrected chi connectivity index (χ4v) is 3.57. The standard InChI is InChI=1S/C20H14ClN3OS/c21-20-17(24-19(25)8-13-4-2-1-3-5-13)9-15(11-22-20)14-6-7-16-18(10-14)26-12-23-16/h1-7,9-12H,8H2,(H,24,25). The lowest BCUT2D eigenvalue weighted by atomic mass is 10.1. The maximum absolute atomic E-state index is 12.3. The summed E-state index contributed by atoms with van der Waals surface area (Å²) in [6.07, 6.45) is 1.99. The lowest BCUT2D eigenvalue weighted by Gasteiger charge is -2.09.